The largest absolute Gasteiger partial charge is 0.325 e. The molecule has 3 unspecified atom stereocenters. The fraction of sp³-hybridized carbons (Fsp3) is 0.562. The second-order valence-electron chi connectivity index (χ2n) is 6.59. The van der Waals surface area contributed by atoms with Gasteiger partial charge in [0.05, 0.1) is 11.0 Å². The number of nitrogens with zero attached hydrogens (tertiary/aromatic N) is 2. The molecule has 2 aliphatic heterocycles. The summed E-state index contributed by atoms with van der Waals surface area (Å²) in [6.45, 7) is 0. The van der Waals surface area contributed by atoms with Crippen LogP contribution in [0.25, 0.3) is 11.0 Å². The molecule has 2 heteroatoms. The van der Waals surface area contributed by atoms with Crippen LogP contribution in [0.15, 0.2) is 24.3 Å². The predicted molar refractivity (Wildman–Crippen MR) is 71.6 cm³/mol. The number of benzene rings is 1. The lowest BCUT2D eigenvalue weighted by Crippen LogP contribution is -2.26. The van der Waals surface area contributed by atoms with Crippen LogP contribution in [0.2, 0.25) is 0 Å². The van der Waals surface area contributed by atoms with Crippen molar-refractivity contribution in [1.82, 2.24) is 9.55 Å². The number of hydrogen-bond donors (Lipinski definition) is 0. The zero-order valence-corrected chi connectivity index (χ0v) is 10.5. The Kier molecular flexibility index (Phi) is 1.69. The maximum atomic E-state index is 4.97. The van der Waals surface area contributed by atoms with Gasteiger partial charge in [0.25, 0.3) is 0 Å². The summed E-state index contributed by atoms with van der Waals surface area (Å²) in [5, 5.41) is 0. The van der Waals surface area contributed by atoms with Gasteiger partial charge in [0.1, 0.15) is 5.82 Å². The van der Waals surface area contributed by atoms with E-state index in [2.05, 4.69) is 28.8 Å². The molecular weight excluding hydrogens is 220 g/mol. The molecule has 2 aliphatic carbocycles. The molecule has 2 fully saturated rings. The van der Waals surface area contributed by atoms with E-state index in [0.717, 1.165) is 23.8 Å². The highest BCUT2D eigenvalue weighted by molar-refractivity contribution is 5.76. The number of hydrogen-bond acceptors (Lipinski definition) is 1. The van der Waals surface area contributed by atoms with Crippen LogP contribution < -0.4 is 0 Å². The molecule has 4 aliphatic rings. The van der Waals surface area contributed by atoms with E-state index in [1.54, 1.807) is 0 Å². The fourth-order valence-electron chi connectivity index (χ4n) is 4.97. The third kappa shape index (κ3) is 1.12. The number of fused-ring (bicyclic) bond motifs is 1. The molecule has 2 nitrogen and oxygen atoms in total. The first-order chi connectivity index (χ1) is 8.88. The SMILES string of the molecule is c1ccc2c(c1)nc1n2C2CC3CC1C[C@@H](C3)C2. The summed E-state index contributed by atoms with van der Waals surface area (Å²) in [7, 11) is 0. The van der Waals surface area contributed by atoms with Crippen molar-refractivity contribution in [3.63, 3.8) is 0 Å². The Bertz CT molecular complexity index is 613. The topological polar surface area (TPSA) is 17.8 Å². The Morgan fingerprint density at radius 1 is 0.944 bits per heavy atom. The molecule has 0 saturated heterocycles. The van der Waals surface area contributed by atoms with Crippen molar-refractivity contribution in [2.75, 3.05) is 0 Å². The maximum absolute atomic E-state index is 4.97. The van der Waals surface area contributed by atoms with Gasteiger partial charge in [-0.15, -0.1) is 0 Å². The number of imidazole rings is 1. The van der Waals surface area contributed by atoms with Gasteiger partial charge in [0.15, 0.2) is 0 Å². The first kappa shape index (κ1) is 9.60. The van der Waals surface area contributed by atoms with Crippen molar-refractivity contribution in [3.8, 4) is 0 Å². The Morgan fingerprint density at radius 2 is 1.72 bits per heavy atom. The molecule has 2 saturated carbocycles. The molecule has 0 spiro atoms. The lowest BCUT2D eigenvalue weighted by Gasteiger charge is -2.38. The minimum Gasteiger partial charge on any atom is -0.325 e. The second-order valence-corrected chi connectivity index (χ2v) is 6.59. The highest BCUT2D eigenvalue weighted by atomic mass is 15.1. The standard InChI is InChI=1S/C16H18N2/c1-2-4-15-14(3-1)17-16-12-6-10-5-11(7-12)9-13(8-10)18(15)16/h1-4,10-13H,5-9H2/t10-,11?,12?,13?/m1/s1. The van der Waals surface area contributed by atoms with E-state index in [-0.39, 0.29) is 0 Å². The first-order valence-electron chi connectivity index (χ1n) is 7.35. The molecule has 4 bridgehead atoms. The van der Waals surface area contributed by atoms with Crippen LogP contribution in [-0.2, 0) is 0 Å². The zero-order valence-electron chi connectivity index (χ0n) is 10.5. The number of rotatable bonds is 0. The van der Waals surface area contributed by atoms with E-state index in [1.165, 1.54) is 49.0 Å². The van der Waals surface area contributed by atoms with Gasteiger partial charge in [0, 0.05) is 12.0 Å². The third-order valence-electron chi connectivity index (χ3n) is 5.47. The lowest BCUT2D eigenvalue weighted by molar-refractivity contribution is 0.152. The molecule has 18 heavy (non-hydrogen) atoms. The number of para-hydroxylation sites is 2. The van der Waals surface area contributed by atoms with Gasteiger partial charge in [-0.25, -0.2) is 4.98 Å². The maximum Gasteiger partial charge on any atom is 0.113 e. The van der Waals surface area contributed by atoms with Crippen molar-refractivity contribution >= 4 is 11.0 Å². The molecule has 0 radical (unpaired) electrons. The molecule has 4 atom stereocenters. The normalized spacial score (nSPS) is 36.9. The molecule has 92 valence electrons. The summed E-state index contributed by atoms with van der Waals surface area (Å²) in [4.78, 5) is 4.97. The summed E-state index contributed by atoms with van der Waals surface area (Å²) in [6, 6.07) is 9.45. The van der Waals surface area contributed by atoms with E-state index >= 15 is 0 Å². The van der Waals surface area contributed by atoms with E-state index < -0.39 is 0 Å². The monoisotopic (exact) mass is 238 g/mol. The molecule has 1 aromatic carbocycles. The summed E-state index contributed by atoms with van der Waals surface area (Å²) >= 11 is 0. The minimum absolute atomic E-state index is 0.739. The average molecular weight is 238 g/mol. The van der Waals surface area contributed by atoms with Crippen molar-refractivity contribution in [1.29, 1.82) is 0 Å². The van der Waals surface area contributed by atoms with Crippen molar-refractivity contribution < 1.29 is 0 Å². The predicted octanol–water partition coefficient (Wildman–Crippen LogP) is 3.88. The Balaban J connectivity index is 1.82. The van der Waals surface area contributed by atoms with Gasteiger partial charge in [-0.05, 0) is 56.1 Å². The average Bonchev–Trinajstić information content (AvgIpc) is 2.68. The summed E-state index contributed by atoms with van der Waals surface area (Å²) < 4.78 is 2.61. The van der Waals surface area contributed by atoms with Crippen LogP contribution in [0.1, 0.15) is 49.9 Å². The van der Waals surface area contributed by atoms with E-state index in [4.69, 9.17) is 4.98 Å². The summed E-state index contributed by atoms with van der Waals surface area (Å²) in [5.74, 6) is 4.11. The molecule has 3 heterocycles. The zero-order chi connectivity index (χ0) is 11.7. The van der Waals surface area contributed by atoms with E-state index in [1.807, 2.05) is 0 Å². The molecule has 2 aromatic rings. The van der Waals surface area contributed by atoms with Gasteiger partial charge < -0.3 is 4.57 Å². The Hall–Kier alpha value is -1.31. The van der Waals surface area contributed by atoms with E-state index in [0.29, 0.717) is 0 Å². The number of aromatic nitrogens is 2. The van der Waals surface area contributed by atoms with Crippen molar-refractivity contribution in [2.24, 2.45) is 11.8 Å². The summed E-state index contributed by atoms with van der Waals surface area (Å²) in [5.41, 5.74) is 2.59. The van der Waals surface area contributed by atoms with E-state index in [9.17, 15) is 0 Å². The second kappa shape index (κ2) is 3.17. The molecule has 1 aromatic heterocycles. The van der Waals surface area contributed by atoms with Gasteiger partial charge >= 0.3 is 0 Å². The molecular formula is C16H18N2. The molecule has 0 amide bonds. The van der Waals surface area contributed by atoms with Crippen LogP contribution in [-0.4, -0.2) is 9.55 Å². The molecule has 6 rings (SSSR count). The lowest BCUT2D eigenvalue weighted by atomic mass is 9.68. The van der Waals surface area contributed by atoms with Gasteiger partial charge in [0.2, 0.25) is 0 Å². The Labute approximate surface area is 107 Å². The first-order valence-corrected chi connectivity index (χ1v) is 7.35. The van der Waals surface area contributed by atoms with Crippen LogP contribution in [0, 0.1) is 11.8 Å². The molecule has 0 N–H and O–H groups in total. The van der Waals surface area contributed by atoms with Crippen LogP contribution >= 0.6 is 0 Å². The highest BCUT2D eigenvalue weighted by Gasteiger charge is 2.43. The smallest absolute Gasteiger partial charge is 0.113 e. The van der Waals surface area contributed by atoms with Crippen molar-refractivity contribution in [2.45, 2.75) is 44.1 Å². The van der Waals surface area contributed by atoms with Gasteiger partial charge in [-0.1, -0.05) is 12.1 Å². The van der Waals surface area contributed by atoms with Crippen LogP contribution in [0.3, 0.4) is 0 Å². The fourth-order valence-corrected chi connectivity index (χ4v) is 4.97. The highest BCUT2D eigenvalue weighted by Crippen LogP contribution is 2.54. The van der Waals surface area contributed by atoms with Gasteiger partial charge in [-0.3, -0.25) is 0 Å². The minimum atomic E-state index is 0.739. The van der Waals surface area contributed by atoms with Gasteiger partial charge in [-0.2, -0.15) is 0 Å². The van der Waals surface area contributed by atoms with Crippen molar-refractivity contribution in [3.05, 3.63) is 30.1 Å². The quantitative estimate of drug-likeness (QED) is 0.681. The third-order valence-corrected chi connectivity index (χ3v) is 5.47. The Morgan fingerprint density at radius 3 is 2.56 bits per heavy atom. The van der Waals surface area contributed by atoms with Crippen LogP contribution in [0.5, 0.6) is 0 Å². The summed E-state index contributed by atoms with van der Waals surface area (Å²) in [6.07, 6.45) is 7.10. The van der Waals surface area contributed by atoms with Crippen LogP contribution in [0.4, 0.5) is 0 Å².